The van der Waals surface area contributed by atoms with Crippen LogP contribution in [0.1, 0.15) is 0 Å². The summed E-state index contributed by atoms with van der Waals surface area (Å²) in [6.07, 6.45) is 0. The summed E-state index contributed by atoms with van der Waals surface area (Å²) < 4.78 is 0. The topological polar surface area (TPSA) is 0 Å². The van der Waals surface area contributed by atoms with E-state index in [1.165, 1.54) is 0 Å². The zero-order valence-electron chi connectivity index (χ0n) is 2.88. The standard InChI is InChI=1S/HIP.2K/c1-2;;/h2H;;/q-1;2*+1. The molecule has 0 aromatic rings. The molecule has 0 saturated heterocycles. The molecule has 0 spiro atoms. The molecule has 0 aliphatic rings. The van der Waals surface area contributed by atoms with Crippen molar-refractivity contribution in [1.29, 1.82) is 0 Å². The van der Waals surface area contributed by atoms with Crippen molar-refractivity contribution < 1.29 is 103 Å². The number of hydrogen-bond acceptors (Lipinski definition) is 0. The summed E-state index contributed by atoms with van der Waals surface area (Å²) in [5.74, 6) is 0. The van der Waals surface area contributed by atoms with E-state index in [9.17, 15) is 0 Å². The van der Waals surface area contributed by atoms with Crippen molar-refractivity contribution in [3.63, 3.8) is 0 Å². The Kier molecular flexibility index (Phi) is 61.8. The van der Waals surface area contributed by atoms with Gasteiger partial charge in [0, 0.05) is 0 Å². The Balaban J connectivity index is -0.00000000500. The molecule has 0 saturated carbocycles. The van der Waals surface area contributed by atoms with Crippen LogP contribution in [0.5, 0.6) is 0 Å². The molecule has 0 aliphatic heterocycles. The van der Waals surface area contributed by atoms with E-state index in [1.807, 2.05) is 22.0 Å². The molecule has 14 valence electrons. The van der Waals surface area contributed by atoms with Gasteiger partial charge in [-0.15, -0.1) is 0 Å². The third-order valence-electron chi connectivity index (χ3n) is 0. The van der Waals surface area contributed by atoms with Gasteiger partial charge in [-0.3, -0.25) is 0 Å². The molecule has 0 radical (unpaired) electrons. The third kappa shape index (κ3) is 9.66. The van der Waals surface area contributed by atoms with Gasteiger partial charge in [-0.25, -0.2) is 0 Å². The van der Waals surface area contributed by atoms with E-state index in [1.54, 1.807) is 0 Å². The fourth-order valence-corrected chi connectivity index (χ4v) is 0. The van der Waals surface area contributed by atoms with Crippen LogP contribution in [0.3, 0.4) is 0 Å². The van der Waals surface area contributed by atoms with Crippen LogP contribution in [0, 0.1) is 0 Å². The van der Waals surface area contributed by atoms with Crippen LogP contribution in [0.2, 0.25) is 0 Å². The van der Waals surface area contributed by atoms with E-state index >= 15 is 0 Å². The SMILES string of the molecule is [K+].[K+].[PH-]I. The van der Waals surface area contributed by atoms with E-state index in [4.69, 9.17) is 0 Å². The molecule has 0 rings (SSSR count). The first-order valence-corrected chi connectivity index (χ1v) is 3.80. The second-order valence-corrected chi connectivity index (χ2v) is 0. The van der Waals surface area contributed by atoms with Gasteiger partial charge in [0.25, 0.3) is 0 Å². The van der Waals surface area contributed by atoms with Crippen molar-refractivity contribution >= 4 is 28.9 Å². The largest absolute Gasteiger partial charge is 1.00 e. The van der Waals surface area contributed by atoms with E-state index < -0.39 is 0 Å². The zero-order chi connectivity index (χ0) is 2.00. The summed E-state index contributed by atoms with van der Waals surface area (Å²) in [5, 5.41) is 0. The van der Waals surface area contributed by atoms with Gasteiger partial charge in [-0.2, -0.15) is 0 Å². The van der Waals surface area contributed by atoms with Crippen molar-refractivity contribution in [1.82, 2.24) is 0 Å². The molecule has 0 amide bonds. The molecular weight excluding hydrogens is 236 g/mol. The van der Waals surface area contributed by atoms with Crippen molar-refractivity contribution in [3.8, 4) is 0 Å². The Morgan fingerprint density at radius 2 is 1.00 bits per heavy atom. The zero-order valence-corrected chi connectivity index (χ0v) is 12.3. The number of hydrogen-bond donors (Lipinski definition) is 0. The molecule has 0 bridgehead atoms. The van der Waals surface area contributed by atoms with Gasteiger partial charge in [-0.1, -0.05) is 0 Å². The number of halogens is 1. The van der Waals surface area contributed by atoms with Gasteiger partial charge in [0.1, 0.15) is 0 Å². The molecular formula is HIK2P+. The molecule has 0 fully saturated rings. The van der Waals surface area contributed by atoms with Crippen molar-refractivity contribution in [2.24, 2.45) is 0 Å². The summed E-state index contributed by atoms with van der Waals surface area (Å²) in [6, 6.07) is 0. The Bertz CT molecular complexity index is 6.00. The fourth-order valence-electron chi connectivity index (χ4n) is 0. The third-order valence-corrected chi connectivity index (χ3v) is 0. The first kappa shape index (κ1) is 15.8. The maximum atomic E-state index is 2.94. The Morgan fingerprint density at radius 1 is 1.00 bits per heavy atom. The van der Waals surface area contributed by atoms with Gasteiger partial charge < -0.3 is 28.9 Å². The van der Waals surface area contributed by atoms with Crippen LogP contribution >= 0.6 is 28.9 Å². The van der Waals surface area contributed by atoms with Gasteiger partial charge in [-0.05, 0) is 0 Å². The number of rotatable bonds is 0. The van der Waals surface area contributed by atoms with Gasteiger partial charge in [0.05, 0.1) is 0 Å². The van der Waals surface area contributed by atoms with Gasteiger partial charge >= 0.3 is 103 Å². The van der Waals surface area contributed by atoms with Crippen LogP contribution < -0.4 is 103 Å². The van der Waals surface area contributed by atoms with E-state index in [0.717, 1.165) is 0 Å². The molecule has 0 nitrogen and oxygen atoms in total. The summed E-state index contributed by atoms with van der Waals surface area (Å²) in [6.45, 7) is 2.94. The quantitative estimate of drug-likeness (QED) is 0.226. The molecule has 0 heterocycles. The average Bonchev–Trinajstić information content (AvgIpc) is 1.00. The Morgan fingerprint density at radius 3 is 1.00 bits per heavy atom. The molecule has 4 heteroatoms. The van der Waals surface area contributed by atoms with Gasteiger partial charge in [0.2, 0.25) is 0 Å². The second kappa shape index (κ2) is 15.7. The summed E-state index contributed by atoms with van der Waals surface area (Å²) >= 11 is 1.96. The minimum atomic E-state index is 0. The van der Waals surface area contributed by atoms with Crippen LogP contribution in [0.4, 0.5) is 0 Å². The van der Waals surface area contributed by atoms with Crippen molar-refractivity contribution in [2.45, 2.75) is 0 Å². The first-order chi connectivity index (χ1) is 1.00. The predicted molar refractivity (Wildman–Crippen MR) is 22.3 cm³/mol. The minimum Gasteiger partial charge on any atom is -0.483 e. The molecule has 0 N–H and O–H groups in total. The fraction of sp³-hybridized carbons (Fsp3) is 0. The van der Waals surface area contributed by atoms with E-state index in [-0.39, 0.29) is 103 Å². The summed E-state index contributed by atoms with van der Waals surface area (Å²) in [4.78, 5) is 0. The van der Waals surface area contributed by atoms with Crippen LogP contribution in [-0.2, 0) is 0 Å². The molecule has 0 aromatic carbocycles. The second-order valence-electron chi connectivity index (χ2n) is 0. The summed E-state index contributed by atoms with van der Waals surface area (Å²) in [5.41, 5.74) is 0. The smallest absolute Gasteiger partial charge is 0.483 e. The Labute approximate surface area is 127 Å². The van der Waals surface area contributed by atoms with Crippen molar-refractivity contribution in [2.75, 3.05) is 0 Å². The Hall–Kier alpha value is 4.43. The van der Waals surface area contributed by atoms with E-state index in [2.05, 4.69) is 6.88 Å². The monoisotopic (exact) mass is 237 g/mol. The van der Waals surface area contributed by atoms with Crippen LogP contribution in [0.15, 0.2) is 0 Å². The molecule has 0 aliphatic carbocycles. The van der Waals surface area contributed by atoms with Gasteiger partial charge in [0.15, 0.2) is 0 Å². The van der Waals surface area contributed by atoms with E-state index in [0.29, 0.717) is 0 Å². The van der Waals surface area contributed by atoms with Crippen molar-refractivity contribution in [3.05, 3.63) is 0 Å². The molecule has 0 aromatic heterocycles. The predicted octanol–water partition coefficient (Wildman–Crippen LogP) is -4.51. The first-order valence-electron chi connectivity index (χ1n) is 0.189. The van der Waals surface area contributed by atoms with Crippen LogP contribution in [0.25, 0.3) is 0 Å². The normalized spacial score (nSPS) is 1.50. The minimum absolute atomic E-state index is 0. The molecule has 4 heavy (non-hydrogen) atoms. The molecule has 0 atom stereocenters. The maximum absolute atomic E-state index is 2.94. The molecule has 0 unspecified atom stereocenters. The van der Waals surface area contributed by atoms with Crippen LogP contribution in [-0.4, -0.2) is 0 Å². The maximum Gasteiger partial charge on any atom is 1.00 e. The average molecular weight is 237 g/mol. The summed E-state index contributed by atoms with van der Waals surface area (Å²) in [7, 11) is 0.